The van der Waals surface area contributed by atoms with E-state index in [9.17, 15) is 4.79 Å². The van der Waals surface area contributed by atoms with Gasteiger partial charge >= 0.3 is 5.97 Å². The third-order valence-electron chi connectivity index (χ3n) is 2.71. The van der Waals surface area contributed by atoms with Crippen LogP contribution in [0.5, 0.6) is 0 Å². The Labute approximate surface area is 133 Å². The van der Waals surface area contributed by atoms with Crippen molar-refractivity contribution in [1.82, 2.24) is 4.98 Å². The fourth-order valence-corrected chi connectivity index (χ4v) is 2.62. The maximum atomic E-state index is 11.9. The van der Waals surface area contributed by atoms with E-state index in [-0.39, 0.29) is 12.6 Å². The van der Waals surface area contributed by atoms with Crippen molar-refractivity contribution in [3.05, 3.63) is 63.8 Å². The van der Waals surface area contributed by atoms with Crippen molar-refractivity contribution < 1.29 is 13.9 Å². The number of rotatable bonds is 4. The summed E-state index contributed by atoms with van der Waals surface area (Å²) in [6.45, 7) is 0.0871. The van der Waals surface area contributed by atoms with E-state index in [1.807, 2.05) is 17.5 Å². The number of carbonyl (C=O) groups is 1. The number of hydrogen-bond acceptors (Lipinski definition) is 5. The predicted molar refractivity (Wildman–Crippen MR) is 83.1 cm³/mol. The lowest BCUT2D eigenvalue weighted by atomic mass is 10.2. The molecule has 0 N–H and O–H groups in total. The summed E-state index contributed by atoms with van der Waals surface area (Å²) < 4.78 is 11.5. The van der Waals surface area contributed by atoms with Gasteiger partial charge in [-0.05, 0) is 35.7 Å². The largest absolute Gasteiger partial charge is 0.455 e. The summed E-state index contributed by atoms with van der Waals surface area (Å²) in [5.74, 6) is 0.155. The standard InChI is InChI=1S/C15H10BrNO3S/c16-11-5-3-10(4-6-11)15(18)20-9-12-8-19-14(17-12)13-2-1-7-21-13/h1-8H,9H2. The maximum absolute atomic E-state index is 11.9. The molecule has 0 amide bonds. The van der Waals surface area contributed by atoms with E-state index in [2.05, 4.69) is 20.9 Å². The first kappa shape index (κ1) is 14.0. The number of oxazole rings is 1. The fraction of sp³-hybridized carbons (Fsp3) is 0.0667. The molecule has 2 aromatic heterocycles. The maximum Gasteiger partial charge on any atom is 0.338 e. The van der Waals surface area contributed by atoms with Crippen LogP contribution in [-0.4, -0.2) is 11.0 Å². The van der Waals surface area contributed by atoms with E-state index in [0.29, 0.717) is 17.1 Å². The predicted octanol–water partition coefficient (Wildman–Crippen LogP) is 4.52. The minimum Gasteiger partial charge on any atom is -0.455 e. The summed E-state index contributed by atoms with van der Waals surface area (Å²) in [7, 11) is 0. The molecule has 106 valence electrons. The average molecular weight is 364 g/mol. The third-order valence-corrected chi connectivity index (χ3v) is 4.10. The highest BCUT2D eigenvalue weighted by molar-refractivity contribution is 9.10. The van der Waals surface area contributed by atoms with Gasteiger partial charge in [-0.15, -0.1) is 11.3 Å². The number of thiophene rings is 1. The summed E-state index contributed by atoms with van der Waals surface area (Å²) in [5, 5.41) is 1.95. The summed E-state index contributed by atoms with van der Waals surface area (Å²) >= 11 is 4.86. The van der Waals surface area contributed by atoms with Crippen LogP contribution in [0.3, 0.4) is 0 Å². The van der Waals surface area contributed by atoms with Crippen LogP contribution in [0.4, 0.5) is 0 Å². The number of carbonyl (C=O) groups excluding carboxylic acids is 1. The highest BCUT2D eigenvalue weighted by Gasteiger charge is 2.11. The highest BCUT2D eigenvalue weighted by atomic mass is 79.9. The molecule has 0 saturated heterocycles. The van der Waals surface area contributed by atoms with Crippen molar-refractivity contribution in [2.45, 2.75) is 6.61 Å². The van der Waals surface area contributed by atoms with Gasteiger partial charge in [-0.2, -0.15) is 0 Å². The molecular formula is C15H10BrNO3S. The van der Waals surface area contributed by atoms with Gasteiger partial charge in [0.2, 0.25) is 5.89 Å². The van der Waals surface area contributed by atoms with Crippen LogP contribution >= 0.6 is 27.3 Å². The minimum absolute atomic E-state index is 0.0871. The van der Waals surface area contributed by atoms with Gasteiger partial charge < -0.3 is 9.15 Å². The van der Waals surface area contributed by atoms with E-state index in [0.717, 1.165) is 9.35 Å². The van der Waals surface area contributed by atoms with Gasteiger partial charge in [0.25, 0.3) is 0 Å². The molecule has 0 saturated carbocycles. The lowest BCUT2D eigenvalue weighted by Crippen LogP contribution is -2.05. The van der Waals surface area contributed by atoms with Crippen LogP contribution in [-0.2, 0) is 11.3 Å². The first-order chi connectivity index (χ1) is 10.2. The molecule has 0 bridgehead atoms. The van der Waals surface area contributed by atoms with Crippen LogP contribution in [0.2, 0.25) is 0 Å². The topological polar surface area (TPSA) is 52.3 Å². The zero-order valence-corrected chi connectivity index (χ0v) is 13.2. The number of halogens is 1. The Morgan fingerprint density at radius 1 is 1.29 bits per heavy atom. The second-order valence-corrected chi connectivity index (χ2v) is 6.07. The van der Waals surface area contributed by atoms with Gasteiger partial charge in [-0.3, -0.25) is 0 Å². The van der Waals surface area contributed by atoms with Gasteiger partial charge in [-0.1, -0.05) is 22.0 Å². The summed E-state index contributed by atoms with van der Waals surface area (Å²) in [5.41, 5.74) is 1.09. The lowest BCUT2D eigenvalue weighted by Gasteiger charge is -2.02. The van der Waals surface area contributed by atoms with Crippen LogP contribution < -0.4 is 0 Å². The molecule has 21 heavy (non-hydrogen) atoms. The molecule has 1 aromatic carbocycles. The molecule has 0 spiro atoms. The Hall–Kier alpha value is -1.92. The Bertz CT molecular complexity index is 735. The van der Waals surface area contributed by atoms with Gasteiger partial charge in [0.1, 0.15) is 18.6 Å². The first-order valence-electron chi connectivity index (χ1n) is 6.13. The molecule has 0 aliphatic carbocycles. The molecular weight excluding hydrogens is 354 g/mol. The normalized spacial score (nSPS) is 10.5. The van der Waals surface area contributed by atoms with E-state index < -0.39 is 0 Å². The molecule has 3 rings (SSSR count). The second kappa shape index (κ2) is 6.24. The number of hydrogen-bond donors (Lipinski definition) is 0. The molecule has 4 nitrogen and oxygen atoms in total. The summed E-state index contributed by atoms with van der Waals surface area (Å²) in [6.07, 6.45) is 1.50. The van der Waals surface area contributed by atoms with Crippen molar-refractivity contribution >= 4 is 33.2 Å². The first-order valence-corrected chi connectivity index (χ1v) is 7.80. The molecule has 0 aliphatic heterocycles. The SMILES string of the molecule is O=C(OCc1coc(-c2cccs2)n1)c1ccc(Br)cc1. The molecule has 3 aromatic rings. The quantitative estimate of drug-likeness (QED) is 0.639. The Morgan fingerprint density at radius 3 is 2.81 bits per heavy atom. The molecule has 0 fully saturated rings. The van der Waals surface area contributed by atoms with Crippen LogP contribution in [0.1, 0.15) is 16.1 Å². The molecule has 0 unspecified atom stereocenters. The fourth-order valence-electron chi connectivity index (χ4n) is 1.70. The molecule has 2 heterocycles. The van der Waals surface area contributed by atoms with Crippen molar-refractivity contribution in [1.29, 1.82) is 0 Å². The van der Waals surface area contributed by atoms with Gasteiger partial charge in [-0.25, -0.2) is 9.78 Å². The lowest BCUT2D eigenvalue weighted by molar-refractivity contribution is 0.0468. The minimum atomic E-state index is -0.386. The highest BCUT2D eigenvalue weighted by Crippen LogP contribution is 2.23. The average Bonchev–Trinajstić information content (AvgIpc) is 3.16. The van der Waals surface area contributed by atoms with E-state index in [1.165, 1.54) is 6.26 Å². The summed E-state index contributed by atoms with van der Waals surface area (Å²) in [6, 6.07) is 10.8. The van der Waals surface area contributed by atoms with Crippen molar-refractivity contribution in [3.63, 3.8) is 0 Å². The van der Waals surface area contributed by atoms with Gasteiger partial charge in [0, 0.05) is 4.47 Å². The van der Waals surface area contributed by atoms with Crippen molar-refractivity contribution in [2.75, 3.05) is 0 Å². The zero-order chi connectivity index (χ0) is 14.7. The Morgan fingerprint density at radius 2 is 2.10 bits per heavy atom. The summed E-state index contributed by atoms with van der Waals surface area (Å²) in [4.78, 5) is 17.1. The zero-order valence-electron chi connectivity index (χ0n) is 10.8. The monoisotopic (exact) mass is 363 g/mol. The molecule has 6 heteroatoms. The van der Waals surface area contributed by atoms with E-state index in [4.69, 9.17) is 9.15 Å². The van der Waals surface area contributed by atoms with Gasteiger partial charge in [0.05, 0.1) is 10.4 Å². The third kappa shape index (κ3) is 3.40. The molecule has 0 aliphatic rings. The van der Waals surface area contributed by atoms with E-state index in [1.54, 1.807) is 35.6 Å². The Kier molecular flexibility index (Phi) is 4.17. The second-order valence-electron chi connectivity index (χ2n) is 4.20. The molecule has 0 radical (unpaired) electrons. The number of aromatic nitrogens is 1. The van der Waals surface area contributed by atoms with Crippen molar-refractivity contribution in [3.8, 4) is 10.8 Å². The van der Waals surface area contributed by atoms with Crippen LogP contribution in [0, 0.1) is 0 Å². The number of nitrogens with zero attached hydrogens (tertiary/aromatic N) is 1. The number of ether oxygens (including phenoxy) is 1. The Balaban J connectivity index is 1.62. The molecule has 0 atom stereocenters. The van der Waals surface area contributed by atoms with Crippen LogP contribution in [0.15, 0.2) is 56.9 Å². The van der Waals surface area contributed by atoms with E-state index >= 15 is 0 Å². The smallest absolute Gasteiger partial charge is 0.338 e. The van der Waals surface area contributed by atoms with Gasteiger partial charge in [0.15, 0.2) is 0 Å². The van der Waals surface area contributed by atoms with Crippen molar-refractivity contribution in [2.24, 2.45) is 0 Å². The number of benzene rings is 1. The van der Waals surface area contributed by atoms with Crippen LogP contribution in [0.25, 0.3) is 10.8 Å². The number of esters is 1.